The number of hydrazine groups is 1. The molecule has 3 unspecified atom stereocenters. The average molecular weight is 256 g/mol. The summed E-state index contributed by atoms with van der Waals surface area (Å²) in [5.41, 5.74) is 1.93. The molecule has 1 aliphatic rings. The molecule has 0 saturated carbocycles. The maximum absolute atomic E-state index is 12.1. The molecule has 1 aliphatic heterocycles. The summed E-state index contributed by atoms with van der Waals surface area (Å²) >= 11 is 0. The first kappa shape index (κ1) is 14.2. The molecule has 100 valence electrons. The number of rotatable bonds is 4. The van der Waals surface area contributed by atoms with Crippen molar-refractivity contribution < 1.29 is 27.4 Å². The zero-order valence-electron chi connectivity index (χ0n) is 9.29. The van der Waals surface area contributed by atoms with Crippen LogP contribution in [0.1, 0.15) is 19.8 Å². The first-order chi connectivity index (χ1) is 7.84. The molecular formula is C9H15F3N2O3. The van der Waals surface area contributed by atoms with Crippen molar-refractivity contribution in [2.75, 3.05) is 6.61 Å². The SMILES string of the molecule is CC(OCC1CCC(C(=O)NN)O1)C(F)(F)F. The lowest BCUT2D eigenvalue weighted by Gasteiger charge is -2.19. The topological polar surface area (TPSA) is 73.6 Å². The Morgan fingerprint density at radius 2 is 2.24 bits per heavy atom. The van der Waals surface area contributed by atoms with Gasteiger partial charge in [-0.15, -0.1) is 0 Å². The van der Waals surface area contributed by atoms with Gasteiger partial charge in [0.25, 0.3) is 5.91 Å². The number of hydrogen-bond donors (Lipinski definition) is 2. The van der Waals surface area contributed by atoms with E-state index in [2.05, 4.69) is 4.74 Å². The van der Waals surface area contributed by atoms with Gasteiger partial charge in [-0.2, -0.15) is 13.2 Å². The van der Waals surface area contributed by atoms with Gasteiger partial charge in [-0.3, -0.25) is 10.2 Å². The van der Waals surface area contributed by atoms with Gasteiger partial charge in [-0.05, 0) is 19.8 Å². The fourth-order valence-electron chi connectivity index (χ4n) is 1.46. The molecule has 1 amide bonds. The van der Waals surface area contributed by atoms with Crippen LogP contribution in [0.2, 0.25) is 0 Å². The van der Waals surface area contributed by atoms with Gasteiger partial charge in [-0.25, -0.2) is 5.84 Å². The summed E-state index contributed by atoms with van der Waals surface area (Å²) in [6, 6.07) is 0. The Labute approximate surface area is 96.4 Å². The molecule has 3 atom stereocenters. The number of nitrogens with one attached hydrogen (secondary N) is 1. The van der Waals surface area contributed by atoms with Crippen LogP contribution < -0.4 is 11.3 Å². The minimum absolute atomic E-state index is 0.185. The van der Waals surface area contributed by atoms with Crippen molar-refractivity contribution >= 4 is 5.91 Å². The Balaban J connectivity index is 2.29. The lowest BCUT2D eigenvalue weighted by Crippen LogP contribution is -2.39. The van der Waals surface area contributed by atoms with E-state index < -0.39 is 30.4 Å². The van der Waals surface area contributed by atoms with E-state index in [1.165, 1.54) is 0 Å². The van der Waals surface area contributed by atoms with Crippen LogP contribution >= 0.6 is 0 Å². The molecule has 0 aromatic carbocycles. The Bertz CT molecular complexity index is 273. The van der Waals surface area contributed by atoms with Crippen LogP contribution in [0.3, 0.4) is 0 Å². The summed E-state index contributed by atoms with van der Waals surface area (Å²) in [6.07, 6.45) is -6.52. The van der Waals surface area contributed by atoms with Crippen molar-refractivity contribution in [1.82, 2.24) is 5.43 Å². The molecule has 17 heavy (non-hydrogen) atoms. The Kier molecular flexibility index (Phi) is 4.72. The van der Waals surface area contributed by atoms with Gasteiger partial charge in [0.2, 0.25) is 0 Å². The molecule has 1 fully saturated rings. The molecule has 3 N–H and O–H groups in total. The van der Waals surface area contributed by atoms with Gasteiger partial charge in [0, 0.05) is 0 Å². The third-order valence-corrected chi connectivity index (χ3v) is 2.54. The second-order valence-corrected chi connectivity index (χ2v) is 3.85. The van der Waals surface area contributed by atoms with Crippen LogP contribution in [0.5, 0.6) is 0 Å². The number of amides is 1. The highest BCUT2D eigenvalue weighted by Gasteiger charge is 2.38. The predicted octanol–water partition coefficient (Wildman–Crippen LogP) is 0.491. The normalized spacial score (nSPS) is 26.9. The van der Waals surface area contributed by atoms with Crippen molar-refractivity contribution in [3.05, 3.63) is 0 Å². The summed E-state index contributed by atoms with van der Waals surface area (Å²) in [4.78, 5) is 11.1. The first-order valence-corrected chi connectivity index (χ1v) is 5.18. The number of carbonyl (C=O) groups excluding carboxylic acids is 1. The molecule has 1 rings (SSSR count). The standard InChI is InChI=1S/C9H15F3N2O3/c1-5(9(10,11)12)16-4-6-2-3-7(17-6)8(15)14-13/h5-7H,2-4,13H2,1H3,(H,14,15). The molecule has 0 radical (unpaired) electrons. The van der Waals surface area contributed by atoms with E-state index in [-0.39, 0.29) is 6.61 Å². The Morgan fingerprint density at radius 3 is 2.76 bits per heavy atom. The highest BCUT2D eigenvalue weighted by molar-refractivity contribution is 5.80. The molecule has 0 aliphatic carbocycles. The second kappa shape index (κ2) is 5.65. The summed E-state index contributed by atoms with van der Waals surface area (Å²) < 4.78 is 46.2. The molecule has 0 aromatic heterocycles. The fraction of sp³-hybridized carbons (Fsp3) is 0.889. The minimum atomic E-state index is -4.38. The lowest BCUT2D eigenvalue weighted by atomic mass is 10.2. The van der Waals surface area contributed by atoms with Crippen LogP contribution in [-0.4, -0.2) is 37.0 Å². The van der Waals surface area contributed by atoms with Crippen LogP contribution in [0, 0.1) is 0 Å². The monoisotopic (exact) mass is 256 g/mol. The molecule has 1 heterocycles. The number of carbonyl (C=O) groups is 1. The third-order valence-electron chi connectivity index (χ3n) is 2.54. The maximum atomic E-state index is 12.1. The number of halogens is 3. The van der Waals surface area contributed by atoms with Crippen LogP contribution in [0.25, 0.3) is 0 Å². The number of alkyl halides is 3. The van der Waals surface area contributed by atoms with E-state index in [1.54, 1.807) is 0 Å². The summed E-state index contributed by atoms with van der Waals surface area (Å²) in [7, 11) is 0. The summed E-state index contributed by atoms with van der Waals surface area (Å²) in [6.45, 7) is 0.744. The largest absolute Gasteiger partial charge is 0.414 e. The van der Waals surface area contributed by atoms with Crippen LogP contribution in [-0.2, 0) is 14.3 Å². The molecule has 0 bridgehead atoms. The zero-order valence-corrected chi connectivity index (χ0v) is 9.29. The highest BCUT2D eigenvalue weighted by atomic mass is 19.4. The molecule has 1 saturated heterocycles. The van der Waals surface area contributed by atoms with Crippen molar-refractivity contribution in [1.29, 1.82) is 0 Å². The van der Waals surface area contributed by atoms with Gasteiger partial charge < -0.3 is 9.47 Å². The first-order valence-electron chi connectivity index (χ1n) is 5.18. The molecule has 0 aromatic rings. The zero-order chi connectivity index (χ0) is 13.1. The van der Waals surface area contributed by atoms with Crippen molar-refractivity contribution in [2.45, 2.75) is 44.3 Å². The van der Waals surface area contributed by atoms with Gasteiger partial charge in [0.1, 0.15) is 6.10 Å². The van der Waals surface area contributed by atoms with Gasteiger partial charge >= 0.3 is 6.18 Å². The molecule has 5 nitrogen and oxygen atoms in total. The average Bonchev–Trinajstić information content (AvgIpc) is 2.72. The molecule has 0 spiro atoms. The van der Waals surface area contributed by atoms with Crippen LogP contribution in [0.4, 0.5) is 13.2 Å². The van der Waals surface area contributed by atoms with E-state index >= 15 is 0 Å². The lowest BCUT2D eigenvalue weighted by molar-refractivity contribution is -0.220. The third kappa shape index (κ3) is 4.14. The smallest absolute Gasteiger partial charge is 0.366 e. The number of nitrogens with two attached hydrogens (primary N) is 1. The van der Waals surface area contributed by atoms with E-state index in [0.717, 1.165) is 6.92 Å². The van der Waals surface area contributed by atoms with E-state index in [9.17, 15) is 18.0 Å². The Hall–Kier alpha value is -0.860. The predicted molar refractivity (Wildman–Crippen MR) is 51.7 cm³/mol. The fourth-order valence-corrected chi connectivity index (χ4v) is 1.46. The minimum Gasteiger partial charge on any atom is -0.366 e. The van der Waals surface area contributed by atoms with Gasteiger partial charge in [-0.1, -0.05) is 0 Å². The van der Waals surface area contributed by atoms with Gasteiger partial charge in [0.15, 0.2) is 6.10 Å². The molecular weight excluding hydrogens is 241 g/mol. The van der Waals surface area contributed by atoms with E-state index in [4.69, 9.17) is 10.6 Å². The van der Waals surface area contributed by atoms with Crippen molar-refractivity contribution in [3.63, 3.8) is 0 Å². The van der Waals surface area contributed by atoms with Crippen LogP contribution in [0.15, 0.2) is 0 Å². The van der Waals surface area contributed by atoms with Crippen molar-refractivity contribution in [3.8, 4) is 0 Å². The number of ether oxygens (including phenoxy) is 2. The Morgan fingerprint density at radius 1 is 1.59 bits per heavy atom. The second-order valence-electron chi connectivity index (χ2n) is 3.85. The van der Waals surface area contributed by atoms with E-state index in [1.807, 2.05) is 5.43 Å². The quantitative estimate of drug-likeness (QED) is 0.436. The van der Waals surface area contributed by atoms with Gasteiger partial charge in [0.05, 0.1) is 12.7 Å². The summed E-state index contributed by atoms with van der Waals surface area (Å²) in [5, 5.41) is 0. The maximum Gasteiger partial charge on any atom is 0.414 e. The highest BCUT2D eigenvalue weighted by Crippen LogP contribution is 2.25. The van der Waals surface area contributed by atoms with Crippen molar-refractivity contribution in [2.24, 2.45) is 5.84 Å². The van der Waals surface area contributed by atoms with E-state index in [0.29, 0.717) is 12.8 Å². The summed E-state index contributed by atoms with van der Waals surface area (Å²) in [5.74, 6) is 4.44. The molecule has 8 heteroatoms. The number of hydrogen-bond acceptors (Lipinski definition) is 4.